The van der Waals surface area contributed by atoms with Gasteiger partial charge in [-0.1, -0.05) is 51.8 Å². The van der Waals surface area contributed by atoms with Gasteiger partial charge in [0.25, 0.3) is 0 Å². The van der Waals surface area contributed by atoms with Gasteiger partial charge in [0.2, 0.25) is 0 Å². The molecular formula is C30H35NO4. The van der Waals surface area contributed by atoms with Crippen molar-refractivity contribution in [3.63, 3.8) is 0 Å². The molecule has 0 unspecified atom stereocenters. The Hall–Kier alpha value is -3.47. The molecule has 0 radical (unpaired) electrons. The first-order chi connectivity index (χ1) is 17.0. The number of hydrogen-bond donors (Lipinski definition) is 1. The lowest BCUT2D eigenvalue weighted by atomic mass is 9.81. The monoisotopic (exact) mass is 473 g/mol. The number of rotatable bonds is 5. The Balaban J connectivity index is 0.00000141. The van der Waals surface area contributed by atoms with Crippen molar-refractivity contribution in [3.8, 4) is 17.0 Å². The van der Waals surface area contributed by atoms with E-state index in [1.165, 1.54) is 30.2 Å². The number of benzene rings is 2. The van der Waals surface area contributed by atoms with Crippen LogP contribution < -0.4 is 4.74 Å². The van der Waals surface area contributed by atoms with Crippen LogP contribution in [0.4, 0.5) is 0 Å². The Bertz CT molecular complexity index is 1290. The average molecular weight is 474 g/mol. The lowest BCUT2D eigenvalue weighted by molar-refractivity contribution is -0.132. The summed E-state index contributed by atoms with van der Waals surface area (Å²) in [6.07, 6.45) is 7.84. The number of hydrogen-bond acceptors (Lipinski definition) is 3. The molecule has 0 saturated heterocycles. The second-order valence-corrected chi connectivity index (χ2v) is 8.97. The van der Waals surface area contributed by atoms with Crippen LogP contribution in [0.25, 0.3) is 34.0 Å². The molecule has 1 aliphatic carbocycles. The van der Waals surface area contributed by atoms with E-state index in [1.54, 1.807) is 20.3 Å². The third-order valence-corrected chi connectivity index (χ3v) is 7.13. The number of carboxylic acids is 1. The van der Waals surface area contributed by atoms with Gasteiger partial charge in [-0.2, -0.15) is 0 Å². The van der Waals surface area contributed by atoms with Gasteiger partial charge >= 0.3 is 5.97 Å². The second-order valence-electron chi connectivity index (χ2n) is 8.97. The molecule has 2 aromatic carbocycles. The number of methoxy groups -OCH3 is 2. The fourth-order valence-electron chi connectivity index (χ4n) is 5.46. The summed E-state index contributed by atoms with van der Waals surface area (Å²) in [4.78, 5) is 12.2. The maximum absolute atomic E-state index is 12.2. The summed E-state index contributed by atoms with van der Waals surface area (Å²) in [5.74, 6) is 0.863. The molecule has 0 atom stereocenters. The van der Waals surface area contributed by atoms with E-state index in [4.69, 9.17) is 9.47 Å². The summed E-state index contributed by atoms with van der Waals surface area (Å²) >= 11 is 0. The highest BCUT2D eigenvalue weighted by molar-refractivity contribution is 6.00. The minimum Gasteiger partial charge on any atom is -0.497 e. The first kappa shape index (κ1) is 24.6. The lowest BCUT2D eigenvalue weighted by Crippen LogP contribution is -2.10. The van der Waals surface area contributed by atoms with Gasteiger partial charge < -0.3 is 19.1 Å². The Kier molecular flexibility index (Phi) is 7.34. The SMILES string of the molecule is C=C(OC)c1ccc2c(C3CCCCC3)c3n(c2c1)CC(C(=O)O)=Cc1cc(OC)ccc1-3.CC. The van der Waals surface area contributed by atoms with Crippen LogP contribution in [0.1, 0.15) is 68.6 Å². The van der Waals surface area contributed by atoms with Gasteiger partial charge in [-0.05, 0) is 60.2 Å². The van der Waals surface area contributed by atoms with E-state index < -0.39 is 5.97 Å². The van der Waals surface area contributed by atoms with Gasteiger partial charge in [-0.3, -0.25) is 0 Å². The van der Waals surface area contributed by atoms with Crippen molar-refractivity contribution in [1.29, 1.82) is 0 Å². The fourth-order valence-corrected chi connectivity index (χ4v) is 5.46. The molecule has 1 aliphatic heterocycles. The van der Waals surface area contributed by atoms with Gasteiger partial charge in [0.05, 0.1) is 32.0 Å². The van der Waals surface area contributed by atoms with Gasteiger partial charge in [0.1, 0.15) is 11.5 Å². The molecule has 0 bridgehead atoms. The molecule has 5 rings (SSSR count). The summed E-state index contributed by atoms with van der Waals surface area (Å²) in [5.41, 5.74) is 6.68. The van der Waals surface area contributed by atoms with E-state index in [9.17, 15) is 9.90 Å². The Morgan fingerprint density at radius 2 is 1.80 bits per heavy atom. The predicted octanol–water partition coefficient (Wildman–Crippen LogP) is 7.49. The molecule has 1 aromatic heterocycles. The van der Waals surface area contributed by atoms with Gasteiger partial charge in [0.15, 0.2) is 0 Å². The molecule has 1 fully saturated rings. The molecule has 2 heterocycles. The van der Waals surface area contributed by atoms with E-state index in [2.05, 4.69) is 35.4 Å². The summed E-state index contributed by atoms with van der Waals surface area (Å²) in [6, 6.07) is 12.3. The zero-order chi connectivity index (χ0) is 25.1. The largest absolute Gasteiger partial charge is 0.497 e. The van der Waals surface area contributed by atoms with Crippen LogP contribution in [0.3, 0.4) is 0 Å². The summed E-state index contributed by atoms with van der Waals surface area (Å²) < 4.78 is 13.0. The lowest BCUT2D eigenvalue weighted by Gasteiger charge is -2.24. The minimum atomic E-state index is -0.907. The molecule has 1 N–H and O–H groups in total. The molecule has 35 heavy (non-hydrogen) atoms. The number of carboxylic acid groups (broad SMARTS) is 1. The fraction of sp³-hybridized carbons (Fsp3) is 0.367. The average Bonchev–Trinajstić information content (AvgIpc) is 3.11. The topological polar surface area (TPSA) is 60.7 Å². The molecule has 184 valence electrons. The third kappa shape index (κ3) is 4.47. The summed E-state index contributed by atoms with van der Waals surface area (Å²) in [5, 5.41) is 11.2. The van der Waals surface area contributed by atoms with Crippen molar-refractivity contribution in [2.24, 2.45) is 0 Å². The Labute approximate surface area is 207 Å². The smallest absolute Gasteiger partial charge is 0.333 e. The molecule has 0 amide bonds. The van der Waals surface area contributed by atoms with E-state index >= 15 is 0 Å². The first-order valence-electron chi connectivity index (χ1n) is 12.5. The highest BCUT2D eigenvalue weighted by atomic mass is 16.5. The number of nitrogens with zero attached hydrogens (tertiary/aromatic N) is 1. The van der Waals surface area contributed by atoms with Crippen molar-refractivity contribution in [2.45, 2.75) is 58.4 Å². The van der Waals surface area contributed by atoms with Gasteiger partial charge in [-0.15, -0.1) is 0 Å². The Morgan fingerprint density at radius 3 is 2.46 bits per heavy atom. The number of aliphatic carboxylic acids is 1. The standard InChI is InChI=1S/C28H29NO4.C2H6/c1-17(32-2)19-9-11-24-25(15-19)29-16-21(28(30)31)13-20-14-22(33-3)10-12-23(20)27(29)26(24)18-7-5-4-6-8-18;1-2/h9-15,18H,1,4-8,16H2,2-3H3,(H,30,31);1-2H3. The molecule has 3 aromatic rings. The minimum absolute atomic E-state index is 0.299. The van der Waals surface area contributed by atoms with Crippen molar-refractivity contribution in [3.05, 3.63) is 65.2 Å². The molecule has 2 aliphatic rings. The maximum Gasteiger partial charge on any atom is 0.333 e. The second kappa shape index (κ2) is 10.4. The normalized spacial score (nSPS) is 15.1. The first-order valence-corrected chi connectivity index (χ1v) is 12.5. The number of fused-ring (bicyclic) bond motifs is 5. The van der Waals surface area contributed by atoms with Crippen LogP contribution in [0.15, 0.2) is 48.6 Å². The van der Waals surface area contributed by atoms with Crippen LogP contribution >= 0.6 is 0 Å². The molecule has 1 saturated carbocycles. The molecule has 5 heteroatoms. The zero-order valence-corrected chi connectivity index (χ0v) is 21.2. The quantitative estimate of drug-likeness (QED) is 0.390. The van der Waals surface area contributed by atoms with Crippen molar-refractivity contribution < 1.29 is 19.4 Å². The predicted molar refractivity (Wildman–Crippen MR) is 143 cm³/mol. The van der Waals surface area contributed by atoms with Gasteiger partial charge in [0, 0.05) is 22.0 Å². The van der Waals surface area contributed by atoms with Crippen LogP contribution in [-0.2, 0) is 16.1 Å². The number of carbonyl (C=O) groups is 1. The number of aromatic nitrogens is 1. The molecule has 0 spiro atoms. The van der Waals surface area contributed by atoms with Crippen molar-refractivity contribution >= 4 is 28.7 Å². The highest BCUT2D eigenvalue weighted by Gasteiger charge is 2.30. The Morgan fingerprint density at radius 1 is 1.06 bits per heavy atom. The maximum atomic E-state index is 12.2. The van der Waals surface area contributed by atoms with E-state index in [0.29, 0.717) is 23.8 Å². The summed E-state index contributed by atoms with van der Waals surface area (Å²) in [6.45, 7) is 8.32. The third-order valence-electron chi connectivity index (χ3n) is 7.13. The molecule has 5 nitrogen and oxygen atoms in total. The zero-order valence-electron chi connectivity index (χ0n) is 21.2. The van der Waals surface area contributed by atoms with Crippen LogP contribution in [0, 0.1) is 0 Å². The highest BCUT2D eigenvalue weighted by Crippen LogP contribution is 2.47. The van der Waals surface area contributed by atoms with Crippen molar-refractivity contribution in [1.82, 2.24) is 4.57 Å². The van der Waals surface area contributed by atoms with Crippen LogP contribution in [0.2, 0.25) is 0 Å². The van der Waals surface area contributed by atoms with E-state index in [-0.39, 0.29) is 0 Å². The van der Waals surface area contributed by atoms with E-state index in [0.717, 1.165) is 46.5 Å². The van der Waals surface area contributed by atoms with Crippen LogP contribution in [-0.4, -0.2) is 29.9 Å². The molecular weight excluding hydrogens is 438 g/mol. The van der Waals surface area contributed by atoms with Gasteiger partial charge in [-0.25, -0.2) is 4.79 Å². The van der Waals surface area contributed by atoms with Crippen LogP contribution in [0.5, 0.6) is 5.75 Å². The summed E-state index contributed by atoms with van der Waals surface area (Å²) in [7, 11) is 3.25. The number of ether oxygens (including phenoxy) is 2. The van der Waals surface area contributed by atoms with Crippen molar-refractivity contribution in [2.75, 3.05) is 14.2 Å². The van der Waals surface area contributed by atoms with E-state index in [1.807, 2.05) is 26.0 Å².